The van der Waals surface area contributed by atoms with Crippen LogP contribution in [-0.4, -0.2) is 6.04 Å². The Bertz CT molecular complexity index is 421. The molecule has 0 radical (unpaired) electrons. The van der Waals surface area contributed by atoms with Crippen molar-refractivity contribution in [3.63, 3.8) is 0 Å². The molecule has 0 aliphatic heterocycles. The van der Waals surface area contributed by atoms with E-state index < -0.39 is 0 Å². The van der Waals surface area contributed by atoms with Gasteiger partial charge in [0, 0.05) is 12.1 Å². The fraction of sp³-hybridized carbons (Fsp3) is 0.667. The highest BCUT2D eigenvalue weighted by Crippen LogP contribution is 2.39. The summed E-state index contributed by atoms with van der Waals surface area (Å²) in [5.74, 6) is 0.773. The molecule has 0 aromatic heterocycles. The number of hydrogen-bond acceptors (Lipinski definition) is 1. The highest BCUT2D eigenvalue weighted by molar-refractivity contribution is 5.28. The molecular weight excluding hydrogens is 230 g/mol. The largest absolute Gasteiger partial charge is 0.307 e. The van der Waals surface area contributed by atoms with Gasteiger partial charge in [-0.1, -0.05) is 45.0 Å². The minimum absolute atomic E-state index is 0.454. The van der Waals surface area contributed by atoms with Gasteiger partial charge in [-0.25, -0.2) is 0 Å². The predicted octanol–water partition coefficient (Wildman–Crippen LogP) is 4.86. The van der Waals surface area contributed by atoms with Gasteiger partial charge in [0.2, 0.25) is 0 Å². The van der Waals surface area contributed by atoms with Crippen LogP contribution in [0.2, 0.25) is 0 Å². The molecule has 3 unspecified atom stereocenters. The Morgan fingerprint density at radius 3 is 2.58 bits per heavy atom. The van der Waals surface area contributed by atoms with Gasteiger partial charge in [-0.2, -0.15) is 0 Å². The van der Waals surface area contributed by atoms with E-state index in [2.05, 4.69) is 64.2 Å². The second-order valence-corrected chi connectivity index (χ2v) is 7.24. The van der Waals surface area contributed by atoms with E-state index in [-0.39, 0.29) is 0 Å². The lowest BCUT2D eigenvalue weighted by Gasteiger charge is -2.41. The van der Waals surface area contributed by atoms with Gasteiger partial charge in [-0.05, 0) is 55.6 Å². The summed E-state index contributed by atoms with van der Waals surface area (Å²) in [5.41, 5.74) is 3.37. The number of benzene rings is 1. The Morgan fingerprint density at radius 1 is 1.26 bits per heavy atom. The molecule has 106 valence electrons. The molecule has 0 bridgehead atoms. The molecule has 3 atom stereocenters. The van der Waals surface area contributed by atoms with Crippen LogP contribution >= 0.6 is 0 Å². The van der Waals surface area contributed by atoms with Crippen molar-refractivity contribution < 1.29 is 0 Å². The van der Waals surface area contributed by atoms with Crippen molar-refractivity contribution >= 4 is 0 Å². The summed E-state index contributed by atoms with van der Waals surface area (Å²) in [6.07, 6.45) is 3.99. The van der Waals surface area contributed by atoms with Crippen LogP contribution in [-0.2, 0) is 0 Å². The van der Waals surface area contributed by atoms with E-state index in [9.17, 15) is 0 Å². The summed E-state index contributed by atoms with van der Waals surface area (Å²) < 4.78 is 0. The molecule has 0 heterocycles. The van der Waals surface area contributed by atoms with Gasteiger partial charge in [-0.3, -0.25) is 0 Å². The van der Waals surface area contributed by atoms with Crippen molar-refractivity contribution in [2.45, 2.75) is 66.0 Å². The molecule has 2 rings (SSSR count). The number of rotatable bonds is 3. The molecule has 1 heteroatoms. The standard InChI is InChI=1S/C18H29N/c1-13-8-6-7-9-16(13)15(3)19-17-10-11-18(4,5)12-14(17)2/h6-9,14-15,17,19H,10-12H2,1-5H3. The second kappa shape index (κ2) is 5.66. The van der Waals surface area contributed by atoms with Crippen LogP contribution in [0, 0.1) is 18.3 Å². The van der Waals surface area contributed by atoms with Gasteiger partial charge in [0.05, 0.1) is 0 Å². The third-order valence-corrected chi connectivity index (χ3v) is 4.81. The Balaban J connectivity index is 2.00. The minimum Gasteiger partial charge on any atom is -0.307 e. The summed E-state index contributed by atoms with van der Waals surface area (Å²) in [6.45, 7) is 11.7. The Hall–Kier alpha value is -0.820. The zero-order chi connectivity index (χ0) is 14.0. The minimum atomic E-state index is 0.454. The van der Waals surface area contributed by atoms with Gasteiger partial charge in [-0.15, -0.1) is 0 Å². The smallest absolute Gasteiger partial charge is 0.0297 e. The molecule has 0 spiro atoms. The van der Waals surface area contributed by atoms with Crippen LogP contribution in [0.3, 0.4) is 0 Å². The molecule has 1 aromatic rings. The van der Waals surface area contributed by atoms with Gasteiger partial charge in [0.15, 0.2) is 0 Å². The molecule has 1 aliphatic rings. The van der Waals surface area contributed by atoms with Crippen molar-refractivity contribution in [1.82, 2.24) is 5.32 Å². The first kappa shape index (κ1) is 14.6. The van der Waals surface area contributed by atoms with Crippen molar-refractivity contribution in [2.75, 3.05) is 0 Å². The Morgan fingerprint density at radius 2 is 1.95 bits per heavy atom. The summed E-state index contributed by atoms with van der Waals surface area (Å²) in [7, 11) is 0. The lowest BCUT2D eigenvalue weighted by Crippen LogP contribution is -2.42. The third kappa shape index (κ3) is 3.60. The Labute approximate surface area is 118 Å². The lowest BCUT2D eigenvalue weighted by molar-refractivity contribution is 0.142. The molecule has 0 saturated heterocycles. The SMILES string of the molecule is Cc1ccccc1C(C)NC1CCC(C)(C)CC1C. The van der Waals surface area contributed by atoms with E-state index in [1.54, 1.807) is 0 Å². The zero-order valence-electron chi connectivity index (χ0n) is 13.2. The fourth-order valence-corrected chi connectivity index (χ4v) is 3.68. The first-order chi connectivity index (χ1) is 8.89. The van der Waals surface area contributed by atoms with Gasteiger partial charge in [0.25, 0.3) is 0 Å². The van der Waals surface area contributed by atoms with Crippen molar-refractivity contribution in [1.29, 1.82) is 0 Å². The van der Waals surface area contributed by atoms with E-state index in [1.807, 2.05) is 0 Å². The van der Waals surface area contributed by atoms with Gasteiger partial charge < -0.3 is 5.32 Å². The molecule has 1 N–H and O–H groups in total. The average molecular weight is 259 g/mol. The molecule has 1 nitrogen and oxygen atoms in total. The molecular formula is C18H29N. The van der Waals surface area contributed by atoms with Crippen LogP contribution in [0.4, 0.5) is 0 Å². The molecule has 1 aliphatic carbocycles. The van der Waals surface area contributed by atoms with Crippen molar-refractivity contribution in [3.8, 4) is 0 Å². The highest BCUT2D eigenvalue weighted by Gasteiger charge is 2.32. The van der Waals surface area contributed by atoms with Crippen LogP contribution in [0.25, 0.3) is 0 Å². The predicted molar refractivity (Wildman–Crippen MR) is 83.3 cm³/mol. The monoisotopic (exact) mass is 259 g/mol. The number of aryl methyl sites for hydroxylation is 1. The summed E-state index contributed by atoms with van der Waals surface area (Å²) in [5, 5.41) is 3.86. The van der Waals surface area contributed by atoms with E-state index in [4.69, 9.17) is 0 Å². The molecule has 19 heavy (non-hydrogen) atoms. The first-order valence-corrected chi connectivity index (χ1v) is 7.71. The normalized spacial score (nSPS) is 28.1. The highest BCUT2D eigenvalue weighted by atomic mass is 15.0. The molecule has 0 amide bonds. The number of hydrogen-bond donors (Lipinski definition) is 1. The van der Waals surface area contributed by atoms with Crippen LogP contribution in [0.1, 0.15) is 64.1 Å². The summed E-state index contributed by atoms with van der Waals surface area (Å²) in [6, 6.07) is 9.86. The van der Waals surface area contributed by atoms with Gasteiger partial charge >= 0.3 is 0 Å². The van der Waals surface area contributed by atoms with Crippen LogP contribution in [0.5, 0.6) is 0 Å². The average Bonchev–Trinajstić information content (AvgIpc) is 2.32. The van der Waals surface area contributed by atoms with Gasteiger partial charge in [0.1, 0.15) is 0 Å². The third-order valence-electron chi connectivity index (χ3n) is 4.81. The van der Waals surface area contributed by atoms with E-state index in [0.29, 0.717) is 17.5 Å². The zero-order valence-corrected chi connectivity index (χ0v) is 13.2. The van der Waals surface area contributed by atoms with Crippen LogP contribution < -0.4 is 5.32 Å². The topological polar surface area (TPSA) is 12.0 Å². The summed E-state index contributed by atoms with van der Waals surface area (Å²) in [4.78, 5) is 0. The van der Waals surface area contributed by atoms with E-state index >= 15 is 0 Å². The summed E-state index contributed by atoms with van der Waals surface area (Å²) >= 11 is 0. The maximum atomic E-state index is 3.86. The van der Waals surface area contributed by atoms with Crippen molar-refractivity contribution in [2.24, 2.45) is 11.3 Å². The van der Waals surface area contributed by atoms with Crippen molar-refractivity contribution in [3.05, 3.63) is 35.4 Å². The number of nitrogens with one attached hydrogen (secondary N) is 1. The lowest BCUT2D eigenvalue weighted by atomic mass is 9.70. The Kier molecular flexibility index (Phi) is 4.35. The van der Waals surface area contributed by atoms with E-state index in [0.717, 1.165) is 5.92 Å². The quantitative estimate of drug-likeness (QED) is 0.817. The maximum absolute atomic E-state index is 3.86. The second-order valence-electron chi connectivity index (χ2n) is 7.24. The first-order valence-electron chi connectivity index (χ1n) is 7.71. The molecule has 1 saturated carbocycles. The maximum Gasteiger partial charge on any atom is 0.0297 e. The fourth-order valence-electron chi connectivity index (χ4n) is 3.68. The molecule has 1 aromatic carbocycles. The molecule has 1 fully saturated rings. The van der Waals surface area contributed by atoms with Crippen LogP contribution in [0.15, 0.2) is 24.3 Å². The van der Waals surface area contributed by atoms with E-state index in [1.165, 1.54) is 30.4 Å².